The molecule has 0 aromatic heterocycles. The van der Waals surface area contributed by atoms with Crippen molar-refractivity contribution in [3.8, 4) is 6.07 Å². The summed E-state index contributed by atoms with van der Waals surface area (Å²) in [7, 11) is 0. The van der Waals surface area contributed by atoms with Gasteiger partial charge in [-0.3, -0.25) is 4.79 Å². The van der Waals surface area contributed by atoms with Gasteiger partial charge in [0.05, 0.1) is 21.3 Å². The van der Waals surface area contributed by atoms with E-state index in [2.05, 4.69) is 5.32 Å². The van der Waals surface area contributed by atoms with E-state index in [1.807, 2.05) is 6.07 Å². The van der Waals surface area contributed by atoms with Gasteiger partial charge in [0.2, 0.25) is 5.91 Å². The minimum absolute atomic E-state index is 0.154. The number of anilines is 1. The molecular weight excluding hydrogens is 339 g/mol. The molecule has 0 fully saturated rings. The van der Waals surface area contributed by atoms with E-state index in [-0.39, 0.29) is 5.91 Å². The Bertz CT molecular complexity index is 708. The van der Waals surface area contributed by atoms with Crippen LogP contribution in [0.25, 0.3) is 0 Å². The number of nitriles is 1. The number of amides is 1. The minimum atomic E-state index is -0.154. The molecule has 0 bridgehead atoms. The number of hydrogen-bond acceptors (Lipinski definition) is 3. The highest BCUT2D eigenvalue weighted by Gasteiger charge is 2.09. The number of carbonyl (C=O) groups excluding carboxylic acids is 1. The molecule has 2 aromatic rings. The quantitative estimate of drug-likeness (QED) is 0.773. The van der Waals surface area contributed by atoms with Crippen LogP contribution in [0.2, 0.25) is 10.0 Å². The van der Waals surface area contributed by atoms with E-state index >= 15 is 0 Å². The molecule has 0 atom stereocenters. The van der Waals surface area contributed by atoms with Crippen LogP contribution in [0, 0.1) is 11.3 Å². The fourth-order valence-corrected chi connectivity index (χ4v) is 3.40. The second kappa shape index (κ2) is 8.09. The third kappa shape index (κ3) is 4.41. The summed E-state index contributed by atoms with van der Waals surface area (Å²) >= 11 is 13.6. The second-order valence-corrected chi connectivity index (χ2v) is 6.27. The molecule has 0 radical (unpaired) electrons. The smallest absolute Gasteiger partial charge is 0.225 e. The van der Waals surface area contributed by atoms with Crippen LogP contribution < -0.4 is 5.32 Å². The van der Waals surface area contributed by atoms with E-state index in [1.54, 1.807) is 42.5 Å². The summed E-state index contributed by atoms with van der Waals surface area (Å²) in [5.41, 5.74) is 0.966. The standard InChI is InChI=1S/C16H12Cl2N2OS/c17-12-5-3-6-13(18)16(12)22-9-8-15(21)20-14-7-2-1-4-11(14)10-19/h1-7H,8-9H2,(H,20,21). The van der Waals surface area contributed by atoms with Crippen LogP contribution in [-0.2, 0) is 4.79 Å². The third-order valence-corrected chi connectivity index (χ3v) is 4.81. The van der Waals surface area contributed by atoms with E-state index in [0.717, 1.165) is 4.90 Å². The molecule has 22 heavy (non-hydrogen) atoms. The summed E-state index contributed by atoms with van der Waals surface area (Å²) in [5, 5.41) is 12.9. The van der Waals surface area contributed by atoms with Gasteiger partial charge < -0.3 is 5.32 Å². The molecule has 112 valence electrons. The number of benzene rings is 2. The van der Waals surface area contributed by atoms with Crippen LogP contribution >= 0.6 is 35.0 Å². The number of rotatable bonds is 5. The molecule has 1 amide bonds. The zero-order chi connectivity index (χ0) is 15.9. The van der Waals surface area contributed by atoms with Gasteiger partial charge in [0.15, 0.2) is 0 Å². The van der Waals surface area contributed by atoms with Crippen molar-refractivity contribution in [3.63, 3.8) is 0 Å². The van der Waals surface area contributed by atoms with Crippen molar-refractivity contribution >= 4 is 46.6 Å². The molecule has 0 aliphatic carbocycles. The van der Waals surface area contributed by atoms with Gasteiger partial charge in [-0.2, -0.15) is 5.26 Å². The van der Waals surface area contributed by atoms with Crippen molar-refractivity contribution in [1.29, 1.82) is 5.26 Å². The molecule has 1 N–H and O–H groups in total. The van der Waals surface area contributed by atoms with Crippen LogP contribution in [0.5, 0.6) is 0 Å². The average Bonchev–Trinajstić information content (AvgIpc) is 2.51. The summed E-state index contributed by atoms with van der Waals surface area (Å²) in [4.78, 5) is 12.7. The lowest BCUT2D eigenvalue weighted by atomic mass is 10.2. The number of nitrogens with zero attached hydrogens (tertiary/aromatic N) is 1. The Kier molecular flexibility index (Phi) is 6.14. The largest absolute Gasteiger partial charge is 0.325 e. The lowest BCUT2D eigenvalue weighted by Crippen LogP contribution is -2.13. The predicted octanol–water partition coefficient (Wildman–Crippen LogP) is 4.99. The average molecular weight is 351 g/mol. The number of halogens is 2. The van der Waals surface area contributed by atoms with E-state index in [9.17, 15) is 4.79 Å². The maximum Gasteiger partial charge on any atom is 0.225 e. The van der Waals surface area contributed by atoms with Crippen molar-refractivity contribution in [3.05, 3.63) is 58.1 Å². The molecule has 6 heteroatoms. The van der Waals surface area contributed by atoms with Crippen molar-refractivity contribution in [1.82, 2.24) is 0 Å². The van der Waals surface area contributed by atoms with Crippen molar-refractivity contribution in [2.75, 3.05) is 11.1 Å². The normalized spacial score (nSPS) is 10.0. The first-order valence-electron chi connectivity index (χ1n) is 6.47. The SMILES string of the molecule is N#Cc1ccccc1NC(=O)CCSc1c(Cl)cccc1Cl. The van der Waals surface area contributed by atoms with Crippen molar-refractivity contribution in [2.45, 2.75) is 11.3 Å². The van der Waals surface area contributed by atoms with Gasteiger partial charge in [-0.15, -0.1) is 11.8 Å². The fraction of sp³-hybridized carbons (Fsp3) is 0.125. The van der Waals surface area contributed by atoms with E-state index in [4.69, 9.17) is 28.5 Å². The van der Waals surface area contributed by atoms with Gasteiger partial charge in [-0.05, 0) is 24.3 Å². The first-order valence-corrected chi connectivity index (χ1v) is 8.21. The van der Waals surface area contributed by atoms with E-state index in [1.165, 1.54) is 11.8 Å². The molecule has 2 rings (SSSR count). The number of hydrogen-bond donors (Lipinski definition) is 1. The number of thioether (sulfide) groups is 1. The lowest BCUT2D eigenvalue weighted by molar-refractivity contribution is -0.115. The molecule has 0 aliphatic heterocycles. The summed E-state index contributed by atoms with van der Waals surface area (Å²) in [6.07, 6.45) is 0.298. The van der Waals surface area contributed by atoms with Gasteiger partial charge in [0, 0.05) is 17.1 Å². The molecular formula is C16H12Cl2N2OS. The first-order chi connectivity index (χ1) is 10.6. The summed E-state index contributed by atoms with van der Waals surface area (Å²) in [6.45, 7) is 0. The molecule has 0 spiro atoms. The summed E-state index contributed by atoms with van der Waals surface area (Å²) in [6, 6.07) is 14.2. The molecule has 0 saturated heterocycles. The summed E-state index contributed by atoms with van der Waals surface area (Å²) < 4.78 is 0. The first kappa shape index (κ1) is 16.7. The van der Waals surface area contributed by atoms with E-state index < -0.39 is 0 Å². The maximum absolute atomic E-state index is 11.9. The van der Waals surface area contributed by atoms with Crippen LogP contribution in [0.1, 0.15) is 12.0 Å². The highest BCUT2D eigenvalue weighted by molar-refractivity contribution is 7.99. The maximum atomic E-state index is 11.9. The highest BCUT2D eigenvalue weighted by atomic mass is 35.5. The Balaban J connectivity index is 1.90. The van der Waals surface area contributed by atoms with Crippen molar-refractivity contribution < 1.29 is 4.79 Å². The Hall–Kier alpha value is -1.67. The number of nitrogens with one attached hydrogen (secondary N) is 1. The zero-order valence-corrected chi connectivity index (χ0v) is 13.8. The third-order valence-electron chi connectivity index (χ3n) is 2.82. The zero-order valence-electron chi connectivity index (χ0n) is 11.5. The summed E-state index contributed by atoms with van der Waals surface area (Å²) in [5.74, 6) is 0.391. The van der Waals surface area contributed by atoms with Crippen LogP contribution in [0.4, 0.5) is 5.69 Å². The Morgan fingerprint density at radius 3 is 2.50 bits per heavy atom. The Labute approximate surface area is 143 Å². The molecule has 0 aliphatic rings. The van der Waals surface area contributed by atoms with Crippen LogP contribution in [-0.4, -0.2) is 11.7 Å². The predicted molar refractivity (Wildman–Crippen MR) is 91.6 cm³/mol. The van der Waals surface area contributed by atoms with Gasteiger partial charge in [0.25, 0.3) is 0 Å². The van der Waals surface area contributed by atoms with Gasteiger partial charge in [-0.1, -0.05) is 41.4 Å². The molecule has 0 saturated carbocycles. The van der Waals surface area contributed by atoms with Gasteiger partial charge in [0.1, 0.15) is 6.07 Å². The van der Waals surface area contributed by atoms with Crippen LogP contribution in [0.3, 0.4) is 0 Å². The topological polar surface area (TPSA) is 52.9 Å². The highest BCUT2D eigenvalue weighted by Crippen LogP contribution is 2.34. The fourth-order valence-electron chi connectivity index (χ4n) is 1.77. The second-order valence-electron chi connectivity index (χ2n) is 4.35. The van der Waals surface area contributed by atoms with Crippen molar-refractivity contribution in [2.24, 2.45) is 0 Å². The van der Waals surface area contributed by atoms with E-state index in [0.29, 0.717) is 33.5 Å². The monoisotopic (exact) mass is 350 g/mol. The lowest BCUT2D eigenvalue weighted by Gasteiger charge is -2.08. The minimum Gasteiger partial charge on any atom is -0.325 e. The molecule has 3 nitrogen and oxygen atoms in total. The van der Waals surface area contributed by atoms with Gasteiger partial charge in [-0.25, -0.2) is 0 Å². The van der Waals surface area contributed by atoms with Gasteiger partial charge >= 0.3 is 0 Å². The molecule has 0 unspecified atom stereocenters. The Morgan fingerprint density at radius 1 is 1.14 bits per heavy atom. The number of para-hydroxylation sites is 1. The number of carbonyl (C=O) groups is 1. The van der Waals surface area contributed by atoms with Crippen LogP contribution in [0.15, 0.2) is 47.4 Å². The Morgan fingerprint density at radius 2 is 1.82 bits per heavy atom. The molecule has 0 heterocycles. The molecule has 2 aromatic carbocycles.